The van der Waals surface area contributed by atoms with E-state index in [1.165, 1.54) is 6.07 Å². The van der Waals surface area contributed by atoms with Crippen LogP contribution in [0.2, 0.25) is 0 Å². The molecular weight excluding hydrogens is 325 g/mol. The Morgan fingerprint density at radius 1 is 1.10 bits per heavy atom. The van der Waals surface area contributed by atoms with E-state index in [0.29, 0.717) is 34.0 Å². The highest BCUT2D eigenvalue weighted by Crippen LogP contribution is 2.30. The van der Waals surface area contributed by atoms with Gasteiger partial charge >= 0.3 is 0 Å². The second kappa shape index (κ2) is 6.61. The molecule has 3 nitrogen and oxygen atoms in total. The monoisotopic (exact) mass is 339 g/mol. The molecule has 0 spiro atoms. The Hall–Kier alpha value is -1.75. The summed E-state index contributed by atoms with van der Waals surface area (Å²) in [7, 11) is 0. The fraction of sp³-hybridized carbons (Fsp3) is 0.200. The number of nitrogen functional groups attached to an aromatic ring is 1. The highest BCUT2D eigenvalue weighted by molar-refractivity contribution is 9.10. The minimum atomic E-state index is -0.381. The van der Waals surface area contributed by atoms with Gasteiger partial charge < -0.3 is 15.2 Å². The largest absolute Gasteiger partial charge is 0.493 e. The van der Waals surface area contributed by atoms with Gasteiger partial charge in [0.25, 0.3) is 0 Å². The first-order chi connectivity index (χ1) is 9.58. The van der Waals surface area contributed by atoms with E-state index in [4.69, 9.17) is 15.2 Å². The number of ether oxygens (including phenoxy) is 2. The van der Waals surface area contributed by atoms with Crippen molar-refractivity contribution in [1.29, 1.82) is 0 Å². The Morgan fingerprint density at radius 3 is 2.55 bits per heavy atom. The van der Waals surface area contributed by atoms with Gasteiger partial charge in [-0.05, 0) is 34.5 Å². The summed E-state index contributed by atoms with van der Waals surface area (Å²) in [6, 6.07) is 9.68. The van der Waals surface area contributed by atoms with Crippen LogP contribution in [0.4, 0.5) is 10.1 Å². The van der Waals surface area contributed by atoms with Crippen molar-refractivity contribution in [2.24, 2.45) is 0 Å². The number of anilines is 1. The summed E-state index contributed by atoms with van der Waals surface area (Å²) in [5, 5.41) is 0. The van der Waals surface area contributed by atoms with Gasteiger partial charge in [-0.1, -0.05) is 6.92 Å². The SMILES string of the molecule is CCCOc1cc(N)cc(Oc2ccc(Br)c(F)c2)c1. The van der Waals surface area contributed by atoms with Crippen molar-refractivity contribution in [2.45, 2.75) is 13.3 Å². The summed E-state index contributed by atoms with van der Waals surface area (Å²) in [4.78, 5) is 0. The van der Waals surface area contributed by atoms with E-state index in [9.17, 15) is 4.39 Å². The normalized spacial score (nSPS) is 10.3. The van der Waals surface area contributed by atoms with Crippen molar-refractivity contribution in [3.05, 3.63) is 46.7 Å². The van der Waals surface area contributed by atoms with Crippen molar-refractivity contribution >= 4 is 21.6 Å². The molecule has 106 valence electrons. The lowest BCUT2D eigenvalue weighted by Gasteiger charge is -2.10. The van der Waals surface area contributed by atoms with E-state index >= 15 is 0 Å². The molecule has 2 N–H and O–H groups in total. The Labute approximate surface area is 125 Å². The maximum Gasteiger partial charge on any atom is 0.141 e. The minimum absolute atomic E-state index is 0.381. The van der Waals surface area contributed by atoms with Crippen LogP contribution >= 0.6 is 15.9 Å². The Kier molecular flexibility index (Phi) is 4.84. The average Bonchev–Trinajstić information content (AvgIpc) is 2.40. The molecule has 0 heterocycles. The number of nitrogens with two attached hydrogens (primary N) is 1. The molecule has 2 aromatic carbocycles. The molecule has 0 aliphatic carbocycles. The summed E-state index contributed by atoms with van der Waals surface area (Å²) in [6.45, 7) is 2.63. The van der Waals surface area contributed by atoms with Crippen LogP contribution < -0.4 is 15.2 Å². The van der Waals surface area contributed by atoms with Crippen LogP contribution in [0.15, 0.2) is 40.9 Å². The lowest BCUT2D eigenvalue weighted by Crippen LogP contribution is -1.97. The van der Waals surface area contributed by atoms with Crippen molar-refractivity contribution < 1.29 is 13.9 Å². The van der Waals surface area contributed by atoms with E-state index in [1.807, 2.05) is 6.92 Å². The molecule has 0 fully saturated rings. The lowest BCUT2D eigenvalue weighted by atomic mass is 10.2. The van der Waals surface area contributed by atoms with Crippen LogP contribution in [-0.4, -0.2) is 6.61 Å². The van der Waals surface area contributed by atoms with Crippen molar-refractivity contribution in [2.75, 3.05) is 12.3 Å². The van der Waals surface area contributed by atoms with Gasteiger partial charge in [0.1, 0.15) is 23.1 Å². The average molecular weight is 340 g/mol. The van der Waals surface area contributed by atoms with Crippen molar-refractivity contribution in [1.82, 2.24) is 0 Å². The van der Waals surface area contributed by atoms with Gasteiger partial charge in [0.2, 0.25) is 0 Å². The number of hydrogen-bond donors (Lipinski definition) is 1. The zero-order valence-electron chi connectivity index (χ0n) is 11.0. The zero-order valence-corrected chi connectivity index (χ0v) is 12.6. The molecule has 0 aliphatic heterocycles. The molecule has 0 bridgehead atoms. The summed E-state index contributed by atoms with van der Waals surface area (Å²) >= 11 is 3.10. The van der Waals surface area contributed by atoms with Crippen molar-refractivity contribution in [3.63, 3.8) is 0 Å². The van der Waals surface area contributed by atoms with Crippen LogP contribution in [0.1, 0.15) is 13.3 Å². The molecule has 0 unspecified atom stereocenters. The van der Waals surface area contributed by atoms with Gasteiger partial charge in [0.15, 0.2) is 0 Å². The predicted molar refractivity (Wildman–Crippen MR) is 80.8 cm³/mol. The van der Waals surface area contributed by atoms with E-state index < -0.39 is 0 Å². The summed E-state index contributed by atoms with van der Waals surface area (Å²) < 4.78 is 24.9. The van der Waals surface area contributed by atoms with Gasteiger partial charge in [-0.2, -0.15) is 0 Å². The van der Waals surface area contributed by atoms with Crippen LogP contribution in [0.5, 0.6) is 17.2 Å². The van der Waals surface area contributed by atoms with Gasteiger partial charge in [0, 0.05) is 30.0 Å². The standard InChI is InChI=1S/C15H15BrFNO2/c1-2-5-19-12-6-10(18)7-13(8-12)20-11-3-4-14(16)15(17)9-11/h3-4,6-9H,2,5,18H2,1H3. The molecule has 0 amide bonds. The van der Waals surface area contributed by atoms with Gasteiger partial charge in [-0.25, -0.2) is 4.39 Å². The second-order valence-corrected chi connectivity index (χ2v) is 5.12. The highest BCUT2D eigenvalue weighted by Gasteiger charge is 2.05. The molecular formula is C15H15BrFNO2. The fourth-order valence-electron chi connectivity index (χ4n) is 1.63. The molecule has 0 atom stereocenters. The van der Waals surface area contributed by atoms with E-state index in [0.717, 1.165) is 6.42 Å². The number of benzene rings is 2. The third kappa shape index (κ3) is 3.87. The van der Waals surface area contributed by atoms with Crippen LogP contribution in [-0.2, 0) is 0 Å². The van der Waals surface area contributed by atoms with E-state index in [2.05, 4.69) is 15.9 Å². The molecule has 0 aliphatic rings. The summed E-state index contributed by atoms with van der Waals surface area (Å²) in [6.07, 6.45) is 0.906. The predicted octanol–water partition coefficient (Wildman–Crippen LogP) is 4.75. The second-order valence-electron chi connectivity index (χ2n) is 4.26. The number of halogens is 2. The maximum atomic E-state index is 13.4. The highest BCUT2D eigenvalue weighted by atomic mass is 79.9. The van der Waals surface area contributed by atoms with Gasteiger partial charge in [-0.15, -0.1) is 0 Å². The third-order valence-corrected chi connectivity index (χ3v) is 3.15. The Balaban J connectivity index is 2.19. The maximum absolute atomic E-state index is 13.4. The molecule has 20 heavy (non-hydrogen) atoms. The smallest absolute Gasteiger partial charge is 0.141 e. The first-order valence-electron chi connectivity index (χ1n) is 6.24. The summed E-state index contributed by atoms with van der Waals surface area (Å²) in [5.41, 5.74) is 6.33. The van der Waals surface area contributed by atoms with Gasteiger partial charge in [0.05, 0.1) is 11.1 Å². The zero-order chi connectivity index (χ0) is 14.5. The molecule has 0 radical (unpaired) electrons. The third-order valence-electron chi connectivity index (χ3n) is 2.50. The molecule has 2 rings (SSSR count). The summed E-state index contributed by atoms with van der Waals surface area (Å²) in [5.74, 6) is 1.17. The van der Waals surface area contributed by atoms with E-state index in [1.54, 1.807) is 30.3 Å². The molecule has 5 heteroatoms. The first kappa shape index (κ1) is 14.7. The van der Waals surface area contributed by atoms with Gasteiger partial charge in [-0.3, -0.25) is 0 Å². The van der Waals surface area contributed by atoms with Crippen LogP contribution in [0, 0.1) is 5.82 Å². The molecule has 0 saturated heterocycles. The topological polar surface area (TPSA) is 44.5 Å². The molecule has 0 saturated carbocycles. The van der Waals surface area contributed by atoms with Crippen LogP contribution in [0.25, 0.3) is 0 Å². The number of hydrogen-bond acceptors (Lipinski definition) is 3. The fourth-order valence-corrected chi connectivity index (χ4v) is 1.88. The van der Waals surface area contributed by atoms with Crippen LogP contribution in [0.3, 0.4) is 0 Å². The lowest BCUT2D eigenvalue weighted by molar-refractivity contribution is 0.316. The quantitative estimate of drug-likeness (QED) is 0.799. The first-order valence-corrected chi connectivity index (χ1v) is 7.04. The number of rotatable bonds is 5. The Morgan fingerprint density at radius 2 is 1.85 bits per heavy atom. The molecule has 0 aromatic heterocycles. The Bertz CT molecular complexity index is 604. The van der Waals surface area contributed by atoms with E-state index in [-0.39, 0.29) is 5.82 Å². The minimum Gasteiger partial charge on any atom is -0.493 e. The molecule has 2 aromatic rings. The van der Waals surface area contributed by atoms with Crippen molar-refractivity contribution in [3.8, 4) is 17.2 Å².